The Labute approximate surface area is 287 Å². The molecule has 0 radical (unpaired) electrons. The van der Waals surface area contributed by atoms with E-state index in [4.69, 9.17) is 9.47 Å². The third-order valence-electron chi connectivity index (χ3n) is 9.40. The van der Waals surface area contributed by atoms with Crippen LogP contribution in [-0.4, -0.2) is 36.4 Å². The van der Waals surface area contributed by atoms with Gasteiger partial charge in [-0.3, -0.25) is 9.59 Å². The Bertz CT molecular complexity index is 622. The molecule has 1 atom stereocenters. The van der Waals surface area contributed by atoms with Crippen molar-refractivity contribution in [1.82, 2.24) is 0 Å². The highest BCUT2D eigenvalue weighted by atomic mass is 16.6. The Morgan fingerprint density at radius 2 is 0.674 bits per heavy atom. The number of carbonyl (C=O) groups excluding carboxylic acids is 2. The Balaban J connectivity index is 3.48. The topological polar surface area (TPSA) is 72.8 Å². The van der Waals surface area contributed by atoms with E-state index in [2.05, 4.69) is 13.8 Å². The van der Waals surface area contributed by atoms with Crippen LogP contribution in [0.5, 0.6) is 0 Å². The molecule has 46 heavy (non-hydrogen) atoms. The summed E-state index contributed by atoms with van der Waals surface area (Å²) in [6.45, 7) is 4.17. The minimum atomic E-state index is -0.761. The fourth-order valence-electron chi connectivity index (χ4n) is 6.26. The van der Waals surface area contributed by atoms with Crippen LogP contribution in [0.15, 0.2) is 0 Å². The molecular formula is C41H80O5. The van der Waals surface area contributed by atoms with Crippen LogP contribution in [0.2, 0.25) is 0 Å². The number of hydrogen-bond acceptors (Lipinski definition) is 5. The maximum absolute atomic E-state index is 12.2. The summed E-state index contributed by atoms with van der Waals surface area (Å²) in [5, 5.41) is 9.56. The molecule has 5 heteroatoms. The zero-order valence-electron chi connectivity index (χ0n) is 31.1. The number of aliphatic hydroxyl groups is 1. The van der Waals surface area contributed by atoms with Gasteiger partial charge in [-0.15, -0.1) is 0 Å². The molecule has 1 unspecified atom stereocenters. The minimum absolute atomic E-state index is 0.0567. The lowest BCUT2D eigenvalue weighted by Crippen LogP contribution is -2.28. The first kappa shape index (κ1) is 44.9. The fraction of sp³-hybridized carbons (Fsp3) is 0.951. The predicted octanol–water partition coefficient (Wildman–Crippen LogP) is 12.7. The lowest BCUT2D eigenvalue weighted by molar-refractivity contribution is -0.161. The second-order valence-corrected chi connectivity index (χ2v) is 14.1. The largest absolute Gasteiger partial charge is 0.462 e. The zero-order chi connectivity index (χ0) is 33.6. The van der Waals surface area contributed by atoms with Gasteiger partial charge in [0.2, 0.25) is 0 Å². The van der Waals surface area contributed by atoms with Crippen LogP contribution in [0.25, 0.3) is 0 Å². The van der Waals surface area contributed by atoms with Gasteiger partial charge >= 0.3 is 11.9 Å². The van der Waals surface area contributed by atoms with Crippen molar-refractivity contribution >= 4 is 11.9 Å². The van der Waals surface area contributed by atoms with E-state index >= 15 is 0 Å². The molecule has 0 saturated carbocycles. The predicted molar refractivity (Wildman–Crippen MR) is 196 cm³/mol. The van der Waals surface area contributed by atoms with Crippen molar-refractivity contribution in [3.63, 3.8) is 0 Å². The first-order valence-electron chi connectivity index (χ1n) is 20.6. The van der Waals surface area contributed by atoms with Crippen molar-refractivity contribution in [3.8, 4) is 0 Å². The molecule has 0 aliphatic heterocycles. The molecule has 0 saturated heterocycles. The number of hydrogen-bond donors (Lipinski definition) is 1. The standard InChI is InChI=1S/C41H80O5/c1-3-5-7-9-11-13-15-17-19-21-23-25-27-29-31-33-35-40(43)45-38-39(37-42)46-41(44)36-34-32-30-28-26-24-22-20-18-16-14-12-10-8-6-4-2/h39,42H,3-38H2,1-2H3. The van der Waals surface area contributed by atoms with Gasteiger partial charge in [-0.1, -0.05) is 206 Å². The molecule has 0 amide bonds. The molecule has 0 spiro atoms. The number of unbranched alkanes of at least 4 members (excludes halogenated alkanes) is 30. The van der Waals surface area contributed by atoms with Crippen LogP contribution < -0.4 is 0 Å². The maximum atomic E-state index is 12.2. The van der Waals surface area contributed by atoms with Gasteiger partial charge < -0.3 is 14.6 Å². The Morgan fingerprint density at radius 1 is 0.413 bits per heavy atom. The number of ether oxygens (including phenoxy) is 2. The summed E-state index contributed by atoms with van der Waals surface area (Å²) < 4.78 is 10.6. The van der Waals surface area contributed by atoms with Crippen LogP contribution in [0.1, 0.15) is 232 Å². The van der Waals surface area contributed by atoms with Gasteiger partial charge in [0.15, 0.2) is 6.10 Å². The van der Waals surface area contributed by atoms with Gasteiger partial charge in [0, 0.05) is 12.8 Å². The first-order valence-corrected chi connectivity index (χ1v) is 20.6. The molecule has 5 nitrogen and oxygen atoms in total. The monoisotopic (exact) mass is 653 g/mol. The summed E-state index contributed by atoms with van der Waals surface area (Å²) in [5.74, 6) is -0.573. The van der Waals surface area contributed by atoms with Crippen molar-refractivity contribution < 1.29 is 24.2 Å². The highest BCUT2D eigenvalue weighted by molar-refractivity contribution is 5.70. The van der Waals surface area contributed by atoms with Crippen molar-refractivity contribution in [2.24, 2.45) is 0 Å². The van der Waals surface area contributed by atoms with Gasteiger partial charge in [-0.25, -0.2) is 0 Å². The normalized spacial score (nSPS) is 12.0. The van der Waals surface area contributed by atoms with E-state index in [1.807, 2.05) is 0 Å². The quantitative estimate of drug-likeness (QED) is 0.0531. The van der Waals surface area contributed by atoms with Crippen LogP contribution in [0.4, 0.5) is 0 Å². The van der Waals surface area contributed by atoms with Crippen molar-refractivity contribution in [1.29, 1.82) is 0 Å². The lowest BCUT2D eigenvalue weighted by atomic mass is 10.0. The van der Waals surface area contributed by atoms with Gasteiger partial charge in [-0.05, 0) is 12.8 Å². The Hall–Kier alpha value is -1.10. The van der Waals surface area contributed by atoms with E-state index in [9.17, 15) is 14.7 Å². The molecule has 0 aliphatic carbocycles. The number of aliphatic hydroxyl groups excluding tert-OH is 1. The molecule has 0 aromatic carbocycles. The van der Waals surface area contributed by atoms with Crippen LogP contribution in [0.3, 0.4) is 0 Å². The van der Waals surface area contributed by atoms with Gasteiger partial charge in [0.05, 0.1) is 6.61 Å². The molecule has 1 N–H and O–H groups in total. The fourth-order valence-corrected chi connectivity index (χ4v) is 6.26. The molecule has 0 fully saturated rings. The van der Waals surface area contributed by atoms with Crippen molar-refractivity contribution in [2.75, 3.05) is 13.2 Å². The van der Waals surface area contributed by atoms with Crippen molar-refractivity contribution in [2.45, 2.75) is 238 Å². The van der Waals surface area contributed by atoms with E-state index in [1.54, 1.807) is 0 Å². The van der Waals surface area contributed by atoms with Crippen LogP contribution in [-0.2, 0) is 19.1 Å². The molecule has 0 rings (SSSR count). The van der Waals surface area contributed by atoms with E-state index in [-0.39, 0.29) is 25.2 Å². The molecule has 0 heterocycles. The number of rotatable bonds is 38. The molecule has 0 aliphatic rings. The minimum Gasteiger partial charge on any atom is -0.462 e. The Morgan fingerprint density at radius 3 is 0.957 bits per heavy atom. The SMILES string of the molecule is CCCCCCCCCCCCCCCCCCC(=O)OCC(CO)OC(=O)CCCCCCCCCCCCCCCCCC. The highest BCUT2D eigenvalue weighted by Crippen LogP contribution is 2.16. The lowest BCUT2D eigenvalue weighted by Gasteiger charge is -2.15. The molecule has 0 aromatic heterocycles. The zero-order valence-corrected chi connectivity index (χ0v) is 31.1. The Kier molecular flexibility index (Phi) is 37.4. The molecule has 0 bridgehead atoms. The van der Waals surface area contributed by atoms with E-state index in [0.29, 0.717) is 12.8 Å². The van der Waals surface area contributed by atoms with Gasteiger partial charge in [0.25, 0.3) is 0 Å². The summed E-state index contributed by atoms with van der Waals surface area (Å²) in [4.78, 5) is 24.3. The van der Waals surface area contributed by atoms with Crippen molar-refractivity contribution in [3.05, 3.63) is 0 Å². The maximum Gasteiger partial charge on any atom is 0.306 e. The average molecular weight is 653 g/mol. The molecule has 274 valence electrons. The first-order chi connectivity index (χ1) is 22.6. The smallest absolute Gasteiger partial charge is 0.306 e. The van der Waals surface area contributed by atoms with E-state index in [1.165, 1.54) is 173 Å². The van der Waals surface area contributed by atoms with E-state index in [0.717, 1.165) is 32.1 Å². The average Bonchev–Trinajstić information content (AvgIpc) is 3.06. The van der Waals surface area contributed by atoms with Crippen LogP contribution in [0, 0.1) is 0 Å². The molecule has 0 aromatic rings. The number of carbonyl (C=O) groups is 2. The van der Waals surface area contributed by atoms with Gasteiger partial charge in [-0.2, -0.15) is 0 Å². The number of esters is 2. The second-order valence-electron chi connectivity index (χ2n) is 14.1. The summed E-state index contributed by atoms with van der Waals surface area (Å²) >= 11 is 0. The third-order valence-corrected chi connectivity index (χ3v) is 9.40. The third kappa shape index (κ3) is 35.7. The summed E-state index contributed by atoms with van der Waals surface area (Å²) in [5.41, 5.74) is 0. The summed E-state index contributed by atoms with van der Waals surface area (Å²) in [6.07, 6.45) is 41.6. The highest BCUT2D eigenvalue weighted by Gasteiger charge is 2.16. The van der Waals surface area contributed by atoms with Gasteiger partial charge in [0.1, 0.15) is 6.61 Å². The summed E-state index contributed by atoms with van der Waals surface area (Å²) in [7, 11) is 0. The second kappa shape index (κ2) is 38.3. The van der Waals surface area contributed by atoms with E-state index < -0.39 is 6.10 Å². The summed E-state index contributed by atoms with van der Waals surface area (Å²) in [6, 6.07) is 0. The van der Waals surface area contributed by atoms with Crippen LogP contribution >= 0.6 is 0 Å². The molecular weight excluding hydrogens is 572 g/mol.